The summed E-state index contributed by atoms with van der Waals surface area (Å²) in [5, 5.41) is 0. The second-order valence-corrected chi connectivity index (χ2v) is 6.07. The van der Waals surface area contributed by atoms with Gasteiger partial charge in [0, 0.05) is 32.2 Å². The average Bonchev–Trinajstić information content (AvgIpc) is 2.66. The Bertz CT molecular complexity index is 813. The van der Waals surface area contributed by atoms with Crippen molar-refractivity contribution in [3.8, 4) is 0 Å². The summed E-state index contributed by atoms with van der Waals surface area (Å²) in [6.45, 7) is 4.72. The number of carbonyl (C=O) groups excluding carboxylic acids is 1. The van der Waals surface area contributed by atoms with Crippen molar-refractivity contribution in [2.24, 2.45) is 0 Å². The fraction of sp³-hybridized carbons (Fsp3) is 0.389. The van der Waals surface area contributed by atoms with Crippen LogP contribution < -0.4 is 16.3 Å². The molecule has 138 valence electrons. The van der Waals surface area contributed by atoms with Crippen LogP contribution in [0, 0.1) is 0 Å². The van der Waals surface area contributed by atoms with Crippen molar-refractivity contribution in [2.45, 2.75) is 13.5 Å². The van der Waals surface area contributed by atoms with Gasteiger partial charge >= 0.3 is 11.8 Å². The standard InChI is InChI=1S/C18H23N5O3/c1-2-26-18(25)22-10-8-21(9-11-22)16-12-15(19)23(17(24)20-16)13-14-6-4-3-5-7-14/h3-7,12H,2,8-11,13,19H2,1H3. The van der Waals surface area contributed by atoms with E-state index in [1.165, 1.54) is 4.57 Å². The lowest BCUT2D eigenvalue weighted by Gasteiger charge is -2.34. The van der Waals surface area contributed by atoms with Crippen LogP contribution in [-0.2, 0) is 11.3 Å². The van der Waals surface area contributed by atoms with Gasteiger partial charge in [-0.3, -0.25) is 4.57 Å². The third-order valence-electron chi connectivity index (χ3n) is 4.34. The van der Waals surface area contributed by atoms with E-state index in [9.17, 15) is 9.59 Å². The Hall–Kier alpha value is -3.03. The van der Waals surface area contributed by atoms with Gasteiger partial charge in [0.25, 0.3) is 0 Å². The highest BCUT2D eigenvalue weighted by atomic mass is 16.6. The second kappa shape index (κ2) is 7.90. The molecule has 26 heavy (non-hydrogen) atoms. The molecule has 1 aromatic heterocycles. The lowest BCUT2D eigenvalue weighted by Crippen LogP contribution is -2.49. The van der Waals surface area contributed by atoms with Crippen molar-refractivity contribution in [3.63, 3.8) is 0 Å². The molecule has 1 aliphatic heterocycles. The minimum Gasteiger partial charge on any atom is -0.450 e. The second-order valence-electron chi connectivity index (χ2n) is 6.07. The van der Waals surface area contributed by atoms with E-state index in [1.807, 2.05) is 35.2 Å². The molecule has 1 amide bonds. The van der Waals surface area contributed by atoms with E-state index >= 15 is 0 Å². The van der Waals surface area contributed by atoms with Gasteiger partial charge in [-0.1, -0.05) is 30.3 Å². The van der Waals surface area contributed by atoms with Gasteiger partial charge < -0.3 is 20.3 Å². The maximum atomic E-state index is 12.4. The summed E-state index contributed by atoms with van der Waals surface area (Å²) >= 11 is 0. The van der Waals surface area contributed by atoms with E-state index in [4.69, 9.17) is 10.5 Å². The predicted octanol–water partition coefficient (Wildman–Crippen LogP) is 1.15. The van der Waals surface area contributed by atoms with Crippen molar-refractivity contribution in [3.05, 3.63) is 52.4 Å². The number of amides is 1. The highest BCUT2D eigenvalue weighted by Gasteiger charge is 2.23. The normalized spacial score (nSPS) is 14.3. The summed E-state index contributed by atoms with van der Waals surface area (Å²) in [7, 11) is 0. The Labute approximate surface area is 151 Å². The fourth-order valence-corrected chi connectivity index (χ4v) is 2.93. The number of carbonyl (C=O) groups is 1. The summed E-state index contributed by atoms with van der Waals surface area (Å²) in [4.78, 5) is 32.0. The SMILES string of the molecule is CCOC(=O)N1CCN(c2cc(N)n(Cc3ccccc3)c(=O)n2)CC1. The number of ether oxygens (including phenoxy) is 1. The number of nitrogens with zero attached hydrogens (tertiary/aromatic N) is 4. The molecule has 1 fully saturated rings. The molecule has 0 bridgehead atoms. The van der Waals surface area contributed by atoms with Crippen LogP contribution in [0.4, 0.5) is 16.4 Å². The molecule has 0 radical (unpaired) electrons. The van der Waals surface area contributed by atoms with Gasteiger partial charge in [-0.05, 0) is 12.5 Å². The molecule has 0 spiro atoms. The maximum absolute atomic E-state index is 12.4. The number of nitrogens with two attached hydrogens (primary N) is 1. The third-order valence-corrected chi connectivity index (χ3v) is 4.34. The number of rotatable bonds is 4. The summed E-state index contributed by atoms with van der Waals surface area (Å²) in [6, 6.07) is 11.4. The summed E-state index contributed by atoms with van der Waals surface area (Å²) in [5.74, 6) is 0.914. The first-order chi connectivity index (χ1) is 12.6. The summed E-state index contributed by atoms with van der Waals surface area (Å²) in [5.41, 5.74) is 6.71. The van der Waals surface area contributed by atoms with E-state index in [-0.39, 0.29) is 11.8 Å². The van der Waals surface area contributed by atoms with E-state index in [0.717, 1.165) is 5.56 Å². The molecule has 1 saturated heterocycles. The Balaban J connectivity index is 1.71. The predicted molar refractivity (Wildman–Crippen MR) is 99.3 cm³/mol. The zero-order valence-corrected chi connectivity index (χ0v) is 14.8. The number of aromatic nitrogens is 2. The van der Waals surface area contributed by atoms with Crippen LogP contribution >= 0.6 is 0 Å². The van der Waals surface area contributed by atoms with E-state index in [0.29, 0.717) is 51.0 Å². The van der Waals surface area contributed by atoms with Gasteiger partial charge in [-0.2, -0.15) is 4.98 Å². The number of hydrogen-bond acceptors (Lipinski definition) is 6. The van der Waals surface area contributed by atoms with Crippen LogP contribution in [0.25, 0.3) is 0 Å². The van der Waals surface area contributed by atoms with E-state index in [1.54, 1.807) is 17.9 Å². The van der Waals surface area contributed by atoms with Gasteiger partial charge in [0.2, 0.25) is 0 Å². The third kappa shape index (κ3) is 3.96. The molecule has 0 atom stereocenters. The number of anilines is 2. The molecule has 0 aliphatic carbocycles. The van der Waals surface area contributed by atoms with Crippen molar-refractivity contribution in [1.82, 2.24) is 14.5 Å². The Morgan fingerprint density at radius 3 is 2.50 bits per heavy atom. The molecule has 0 unspecified atom stereocenters. The highest BCUT2D eigenvalue weighted by molar-refractivity contribution is 5.68. The van der Waals surface area contributed by atoms with Gasteiger partial charge in [-0.25, -0.2) is 9.59 Å². The van der Waals surface area contributed by atoms with E-state index < -0.39 is 0 Å². The number of benzene rings is 1. The van der Waals surface area contributed by atoms with Crippen molar-refractivity contribution < 1.29 is 9.53 Å². The zero-order valence-electron chi connectivity index (χ0n) is 14.8. The average molecular weight is 357 g/mol. The molecule has 8 nitrogen and oxygen atoms in total. The van der Waals surface area contributed by atoms with Crippen LogP contribution in [0.5, 0.6) is 0 Å². The van der Waals surface area contributed by atoms with Crippen LogP contribution in [0.15, 0.2) is 41.2 Å². The molecule has 8 heteroatoms. The quantitative estimate of drug-likeness (QED) is 0.882. The summed E-state index contributed by atoms with van der Waals surface area (Å²) in [6.07, 6.45) is -0.307. The molecule has 2 aromatic rings. The van der Waals surface area contributed by atoms with Gasteiger partial charge in [-0.15, -0.1) is 0 Å². The monoisotopic (exact) mass is 357 g/mol. The minimum atomic E-state index is -0.378. The molecule has 2 heterocycles. The number of nitrogen functional groups attached to an aromatic ring is 1. The molecule has 3 rings (SSSR count). The molecule has 2 N–H and O–H groups in total. The minimum absolute atomic E-state index is 0.307. The topological polar surface area (TPSA) is 93.7 Å². The van der Waals surface area contributed by atoms with Crippen molar-refractivity contribution in [2.75, 3.05) is 43.4 Å². The zero-order chi connectivity index (χ0) is 18.5. The van der Waals surface area contributed by atoms with Gasteiger partial charge in [0.1, 0.15) is 11.6 Å². The van der Waals surface area contributed by atoms with Crippen LogP contribution in [0.1, 0.15) is 12.5 Å². The smallest absolute Gasteiger partial charge is 0.409 e. The Morgan fingerprint density at radius 1 is 1.19 bits per heavy atom. The van der Waals surface area contributed by atoms with Gasteiger partial charge in [0.15, 0.2) is 0 Å². The molecule has 1 aliphatic rings. The summed E-state index contributed by atoms with van der Waals surface area (Å²) < 4.78 is 6.46. The fourth-order valence-electron chi connectivity index (χ4n) is 2.93. The molecular formula is C18H23N5O3. The lowest BCUT2D eigenvalue weighted by molar-refractivity contribution is 0.105. The largest absolute Gasteiger partial charge is 0.450 e. The number of hydrogen-bond donors (Lipinski definition) is 1. The first-order valence-electron chi connectivity index (χ1n) is 8.66. The van der Waals surface area contributed by atoms with Crippen molar-refractivity contribution in [1.29, 1.82) is 0 Å². The van der Waals surface area contributed by atoms with Crippen molar-refractivity contribution >= 4 is 17.7 Å². The molecular weight excluding hydrogens is 334 g/mol. The highest BCUT2D eigenvalue weighted by Crippen LogP contribution is 2.16. The molecule has 0 saturated carbocycles. The van der Waals surface area contributed by atoms with Gasteiger partial charge in [0.05, 0.1) is 13.2 Å². The first kappa shape index (κ1) is 17.8. The number of piperazine rings is 1. The van der Waals surface area contributed by atoms with E-state index in [2.05, 4.69) is 4.98 Å². The Morgan fingerprint density at radius 2 is 1.88 bits per heavy atom. The maximum Gasteiger partial charge on any atom is 0.409 e. The Kier molecular flexibility index (Phi) is 5.40. The van der Waals surface area contributed by atoms with Crippen LogP contribution in [-0.4, -0.2) is 53.3 Å². The lowest BCUT2D eigenvalue weighted by atomic mass is 10.2. The first-order valence-corrected chi connectivity index (χ1v) is 8.66. The molecule has 1 aromatic carbocycles. The van der Waals surface area contributed by atoms with Crippen LogP contribution in [0.2, 0.25) is 0 Å². The van der Waals surface area contributed by atoms with Crippen LogP contribution in [0.3, 0.4) is 0 Å².